The molecule has 3 rings (SSSR count). The fourth-order valence-electron chi connectivity index (χ4n) is 5.17. The predicted molar refractivity (Wildman–Crippen MR) is 131 cm³/mol. The third kappa shape index (κ3) is 7.14. The number of allylic oxidation sites excluding steroid dienone is 2. The molecule has 184 valence electrons. The lowest BCUT2D eigenvalue weighted by Gasteiger charge is -2.45. The van der Waals surface area contributed by atoms with E-state index in [4.69, 9.17) is 11.6 Å². The predicted octanol–water partition coefficient (Wildman–Crippen LogP) is 6.05. The first kappa shape index (κ1) is 26.4. The van der Waals surface area contributed by atoms with E-state index in [-0.39, 0.29) is 29.6 Å². The Labute approximate surface area is 205 Å². The summed E-state index contributed by atoms with van der Waals surface area (Å²) in [5.74, 6) is -0.738. The first-order valence-electron chi connectivity index (χ1n) is 12.0. The number of rotatable bonds is 12. The Balaban J connectivity index is 1.50. The van der Waals surface area contributed by atoms with Crippen molar-refractivity contribution in [1.29, 1.82) is 0 Å². The SMILES string of the molecule is COC(=O)CCCC=CC[C@H]1C(F)C[C@@H](O)[C@@H]1/C=C/CC(O)C1(Cc2ccc(Cl)s2)CCC1. The lowest BCUT2D eigenvalue weighted by Crippen LogP contribution is -2.42. The van der Waals surface area contributed by atoms with Gasteiger partial charge in [0.15, 0.2) is 0 Å². The molecule has 0 aliphatic heterocycles. The van der Waals surface area contributed by atoms with E-state index >= 15 is 0 Å². The Kier molecular flexibility index (Phi) is 9.98. The Hall–Kier alpha value is -1.21. The Morgan fingerprint density at radius 3 is 2.79 bits per heavy atom. The number of alkyl halides is 1. The van der Waals surface area contributed by atoms with Crippen LogP contribution in [0.1, 0.15) is 62.7 Å². The summed E-state index contributed by atoms with van der Waals surface area (Å²) < 4.78 is 19.9. The maximum Gasteiger partial charge on any atom is 0.305 e. The molecule has 0 radical (unpaired) electrons. The number of carbonyl (C=O) groups excluding carboxylic acids is 1. The second-order valence-corrected chi connectivity index (χ2v) is 11.3. The maximum atomic E-state index is 14.6. The Morgan fingerprint density at radius 1 is 1.36 bits per heavy atom. The van der Waals surface area contributed by atoms with Crippen molar-refractivity contribution >= 4 is 28.9 Å². The number of carbonyl (C=O) groups is 1. The van der Waals surface area contributed by atoms with E-state index in [0.717, 1.165) is 36.4 Å². The van der Waals surface area contributed by atoms with Gasteiger partial charge in [-0.25, -0.2) is 4.39 Å². The van der Waals surface area contributed by atoms with Crippen molar-refractivity contribution in [2.45, 2.75) is 82.6 Å². The molecule has 0 spiro atoms. The largest absolute Gasteiger partial charge is 0.469 e. The van der Waals surface area contributed by atoms with Gasteiger partial charge >= 0.3 is 5.97 Å². The molecule has 2 aliphatic rings. The van der Waals surface area contributed by atoms with Crippen molar-refractivity contribution in [2.24, 2.45) is 17.3 Å². The number of halogens is 2. The van der Waals surface area contributed by atoms with Crippen molar-refractivity contribution in [3.05, 3.63) is 45.7 Å². The number of thiophene rings is 1. The zero-order valence-electron chi connectivity index (χ0n) is 19.3. The first-order chi connectivity index (χ1) is 15.8. The van der Waals surface area contributed by atoms with E-state index < -0.39 is 18.4 Å². The van der Waals surface area contributed by atoms with Gasteiger partial charge in [-0.2, -0.15) is 0 Å². The van der Waals surface area contributed by atoms with Gasteiger partial charge in [-0.1, -0.05) is 42.3 Å². The molecule has 2 fully saturated rings. The van der Waals surface area contributed by atoms with Crippen molar-refractivity contribution in [3.63, 3.8) is 0 Å². The highest BCUT2D eigenvalue weighted by molar-refractivity contribution is 7.16. The van der Waals surface area contributed by atoms with Gasteiger partial charge in [0.2, 0.25) is 0 Å². The standard InChI is InChI=1S/C26H36ClFO4S/c1-32-25(31)11-5-3-2-4-8-19-20(22(29)16-21(19)28)9-6-10-23(30)26(14-7-15-26)17-18-12-13-24(27)33-18/h2,4,6,9,12-13,19-23,29-30H,3,5,7-8,10-11,14-17H2,1H3/b4-2?,9-6+/t19-,20-,21?,22-,23?/m1/s1. The summed E-state index contributed by atoms with van der Waals surface area (Å²) in [7, 11) is 1.38. The van der Waals surface area contributed by atoms with E-state index in [0.29, 0.717) is 25.7 Å². The fourth-order valence-corrected chi connectivity index (χ4v) is 6.41. The minimum Gasteiger partial charge on any atom is -0.469 e. The quantitative estimate of drug-likeness (QED) is 0.209. The lowest BCUT2D eigenvalue weighted by atomic mass is 9.62. The van der Waals surface area contributed by atoms with Gasteiger partial charge in [0.05, 0.1) is 23.7 Å². The summed E-state index contributed by atoms with van der Waals surface area (Å²) in [6.45, 7) is 0. The van der Waals surface area contributed by atoms with E-state index in [2.05, 4.69) is 4.74 Å². The van der Waals surface area contributed by atoms with Crippen LogP contribution in [0.15, 0.2) is 36.4 Å². The van der Waals surface area contributed by atoms with Crippen LogP contribution in [0.2, 0.25) is 4.34 Å². The molecular formula is C26H36ClFO4S. The third-order valence-corrected chi connectivity index (χ3v) is 8.58. The molecule has 2 N–H and O–H groups in total. The van der Waals surface area contributed by atoms with Gasteiger partial charge in [0, 0.05) is 35.0 Å². The van der Waals surface area contributed by atoms with Crippen molar-refractivity contribution in [1.82, 2.24) is 0 Å². The molecular weight excluding hydrogens is 463 g/mol. The van der Waals surface area contributed by atoms with Gasteiger partial charge in [-0.3, -0.25) is 4.79 Å². The highest BCUT2D eigenvalue weighted by Crippen LogP contribution is 2.48. The number of aliphatic hydroxyl groups is 2. The monoisotopic (exact) mass is 498 g/mol. The minimum absolute atomic E-state index is 0.109. The molecule has 4 nitrogen and oxygen atoms in total. The van der Waals surface area contributed by atoms with E-state index in [9.17, 15) is 19.4 Å². The number of unbranched alkanes of at least 4 members (excludes halogenated alkanes) is 1. The van der Waals surface area contributed by atoms with Crippen molar-refractivity contribution in [3.8, 4) is 0 Å². The average Bonchev–Trinajstić information content (AvgIpc) is 3.28. The first-order valence-corrected chi connectivity index (χ1v) is 13.2. The second kappa shape index (κ2) is 12.5. The lowest BCUT2D eigenvalue weighted by molar-refractivity contribution is -0.140. The number of methoxy groups -OCH3 is 1. The van der Waals surface area contributed by atoms with Crippen LogP contribution in [0.4, 0.5) is 4.39 Å². The molecule has 0 bridgehead atoms. The van der Waals surface area contributed by atoms with Crippen LogP contribution in [-0.2, 0) is 16.0 Å². The van der Waals surface area contributed by atoms with Crippen molar-refractivity contribution < 1.29 is 24.1 Å². The third-order valence-electron chi connectivity index (χ3n) is 7.35. The minimum atomic E-state index is -1.04. The van der Waals surface area contributed by atoms with Gasteiger partial charge in [0.25, 0.3) is 0 Å². The number of esters is 1. The van der Waals surface area contributed by atoms with Gasteiger partial charge in [-0.05, 0) is 57.1 Å². The molecule has 2 aliphatic carbocycles. The second-order valence-electron chi connectivity index (χ2n) is 9.51. The number of hydrogen-bond acceptors (Lipinski definition) is 5. The maximum absolute atomic E-state index is 14.6. The highest BCUT2D eigenvalue weighted by Gasteiger charge is 2.44. The van der Waals surface area contributed by atoms with Crippen LogP contribution >= 0.6 is 22.9 Å². The summed E-state index contributed by atoms with van der Waals surface area (Å²) in [4.78, 5) is 12.3. The van der Waals surface area contributed by atoms with Crippen LogP contribution in [-0.4, -0.2) is 41.7 Å². The Morgan fingerprint density at radius 2 is 2.15 bits per heavy atom. The average molecular weight is 499 g/mol. The number of aliphatic hydroxyl groups excluding tert-OH is 2. The van der Waals surface area contributed by atoms with Gasteiger partial charge in [0.1, 0.15) is 6.17 Å². The molecule has 0 aromatic carbocycles. The van der Waals surface area contributed by atoms with E-state index in [1.165, 1.54) is 12.0 Å². The highest BCUT2D eigenvalue weighted by atomic mass is 35.5. The molecule has 2 saturated carbocycles. The molecule has 7 heteroatoms. The zero-order valence-corrected chi connectivity index (χ0v) is 20.9. The van der Waals surface area contributed by atoms with Crippen LogP contribution in [0.3, 0.4) is 0 Å². The topological polar surface area (TPSA) is 66.8 Å². The van der Waals surface area contributed by atoms with Crippen LogP contribution in [0, 0.1) is 17.3 Å². The Bertz CT molecular complexity index is 819. The number of hydrogen-bond donors (Lipinski definition) is 2. The molecule has 0 amide bonds. The molecule has 1 heterocycles. The van der Waals surface area contributed by atoms with Crippen LogP contribution in [0.5, 0.6) is 0 Å². The zero-order chi connectivity index (χ0) is 23.8. The molecule has 2 unspecified atom stereocenters. The molecule has 0 saturated heterocycles. The molecule has 5 atom stereocenters. The molecule has 1 aromatic heterocycles. The summed E-state index contributed by atoms with van der Waals surface area (Å²) in [5, 5.41) is 21.4. The smallest absolute Gasteiger partial charge is 0.305 e. The normalized spacial score (nSPS) is 27.8. The van der Waals surface area contributed by atoms with Crippen molar-refractivity contribution in [2.75, 3.05) is 7.11 Å². The van der Waals surface area contributed by atoms with Gasteiger partial charge < -0.3 is 14.9 Å². The summed E-state index contributed by atoms with van der Waals surface area (Å²) >= 11 is 7.65. The van der Waals surface area contributed by atoms with E-state index in [1.807, 2.05) is 36.4 Å². The fraction of sp³-hybridized carbons (Fsp3) is 0.654. The van der Waals surface area contributed by atoms with Crippen LogP contribution in [0.25, 0.3) is 0 Å². The van der Waals surface area contributed by atoms with Gasteiger partial charge in [-0.15, -0.1) is 11.3 Å². The summed E-state index contributed by atoms with van der Waals surface area (Å²) in [6.07, 6.45) is 12.6. The molecule has 1 aromatic rings. The summed E-state index contributed by atoms with van der Waals surface area (Å²) in [6, 6.07) is 3.95. The molecule has 33 heavy (non-hydrogen) atoms. The summed E-state index contributed by atoms with van der Waals surface area (Å²) in [5.41, 5.74) is -0.109. The number of ether oxygens (including phenoxy) is 1. The van der Waals surface area contributed by atoms with E-state index in [1.54, 1.807) is 11.3 Å². The van der Waals surface area contributed by atoms with Crippen LogP contribution < -0.4 is 0 Å².